The molecule has 1 heterocycles. The highest BCUT2D eigenvalue weighted by molar-refractivity contribution is 5.40. The summed E-state index contributed by atoms with van der Waals surface area (Å²) in [5, 5.41) is 30.3. The first-order chi connectivity index (χ1) is 11.2. The van der Waals surface area contributed by atoms with Crippen molar-refractivity contribution in [3.05, 3.63) is 39.4 Å². The van der Waals surface area contributed by atoms with Crippen molar-refractivity contribution in [1.82, 2.24) is 4.90 Å². The molecule has 2 unspecified atom stereocenters. The SMILES string of the molecule is CC(O)(CO)C1CCCN(Cc2ccc([N+](=O)[O-])cc2C(F)F)C1. The van der Waals surface area contributed by atoms with Gasteiger partial charge >= 0.3 is 0 Å². The van der Waals surface area contributed by atoms with Crippen molar-refractivity contribution in [3.63, 3.8) is 0 Å². The highest BCUT2D eigenvalue weighted by Crippen LogP contribution is 2.31. The summed E-state index contributed by atoms with van der Waals surface area (Å²) in [6.07, 6.45) is -1.25. The summed E-state index contributed by atoms with van der Waals surface area (Å²) in [4.78, 5) is 12.0. The molecule has 2 rings (SSSR count). The van der Waals surface area contributed by atoms with E-state index in [9.17, 15) is 29.1 Å². The summed E-state index contributed by atoms with van der Waals surface area (Å²) in [6.45, 7) is 2.61. The van der Waals surface area contributed by atoms with Crippen molar-refractivity contribution in [2.75, 3.05) is 19.7 Å². The highest BCUT2D eigenvalue weighted by atomic mass is 19.3. The number of nitro groups is 1. The zero-order chi connectivity index (χ0) is 17.9. The van der Waals surface area contributed by atoms with Gasteiger partial charge < -0.3 is 10.2 Å². The quantitative estimate of drug-likeness (QED) is 0.612. The molecule has 1 aromatic carbocycles. The van der Waals surface area contributed by atoms with Gasteiger partial charge in [-0.2, -0.15) is 0 Å². The third-order valence-electron chi connectivity index (χ3n) is 4.67. The standard InChI is InChI=1S/C16H22F2N2O4/c1-16(22,10-21)12-3-2-6-19(9-12)8-11-4-5-13(20(23)24)7-14(11)15(17)18/h4-5,7,12,15,21-22H,2-3,6,8-10H2,1H3. The zero-order valence-electron chi connectivity index (χ0n) is 13.5. The molecule has 0 radical (unpaired) electrons. The van der Waals surface area contributed by atoms with Crippen LogP contribution in [0.2, 0.25) is 0 Å². The van der Waals surface area contributed by atoms with Gasteiger partial charge in [-0.15, -0.1) is 0 Å². The van der Waals surface area contributed by atoms with Crippen LogP contribution in [-0.4, -0.2) is 45.3 Å². The lowest BCUT2D eigenvalue weighted by Gasteiger charge is -2.39. The molecule has 6 nitrogen and oxygen atoms in total. The minimum atomic E-state index is -2.79. The van der Waals surface area contributed by atoms with Crippen molar-refractivity contribution in [1.29, 1.82) is 0 Å². The number of alkyl halides is 2. The fourth-order valence-electron chi connectivity index (χ4n) is 3.12. The van der Waals surface area contributed by atoms with E-state index in [1.165, 1.54) is 12.1 Å². The number of aliphatic hydroxyl groups excluding tert-OH is 1. The molecule has 2 N–H and O–H groups in total. The number of hydrogen-bond acceptors (Lipinski definition) is 5. The predicted octanol–water partition coefficient (Wildman–Crippen LogP) is 2.49. The van der Waals surface area contributed by atoms with Gasteiger partial charge in [0.05, 0.1) is 17.1 Å². The molecule has 8 heteroatoms. The number of aliphatic hydroxyl groups is 2. The van der Waals surface area contributed by atoms with Gasteiger partial charge in [0, 0.05) is 36.7 Å². The Bertz CT molecular complexity index is 595. The second kappa shape index (κ2) is 7.50. The van der Waals surface area contributed by atoms with Gasteiger partial charge in [0.2, 0.25) is 0 Å². The maximum atomic E-state index is 13.2. The zero-order valence-corrected chi connectivity index (χ0v) is 13.5. The molecule has 134 valence electrons. The summed E-state index contributed by atoms with van der Waals surface area (Å²) < 4.78 is 26.5. The average molecular weight is 344 g/mol. The molecule has 0 bridgehead atoms. The molecule has 1 aromatic rings. The predicted molar refractivity (Wildman–Crippen MR) is 83.8 cm³/mol. The van der Waals surface area contributed by atoms with Gasteiger partial charge in [-0.05, 0) is 31.9 Å². The van der Waals surface area contributed by atoms with Gasteiger partial charge in [0.25, 0.3) is 12.1 Å². The first kappa shape index (κ1) is 18.7. The van der Waals surface area contributed by atoms with Crippen molar-refractivity contribution < 1.29 is 23.9 Å². The lowest BCUT2D eigenvalue weighted by atomic mass is 9.83. The van der Waals surface area contributed by atoms with Gasteiger partial charge in [-0.1, -0.05) is 6.07 Å². The number of nitro benzene ring substituents is 1. The third kappa shape index (κ3) is 4.25. The van der Waals surface area contributed by atoms with Crippen LogP contribution in [0.1, 0.15) is 37.3 Å². The van der Waals surface area contributed by atoms with E-state index in [-0.39, 0.29) is 30.3 Å². The number of benzene rings is 1. The minimum Gasteiger partial charge on any atom is -0.393 e. The van der Waals surface area contributed by atoms with Crippen LogP contribution in [-0.2, 0) is 6.54 Å². The molecule has 1 saturated heterocycles. The van der Waals surface area contributed by atoms with E-state index >= 15 is 0 Å². The number of piperidine rings is 1. The normalized spacial score (nSPS) is 21.7. The Morgan fingerprint density at radius 3 is 2.79 bits per heavy atom. The molecule has 0 amide bonds. The summed E-state index contributed by atoms with van der Waals surface area (Å²) in [7, 11) is 0. The van der Waals surface area contributed by atoms with E-state index in [4.69, 9.17) is 0 Å². The fourth-order valence-corrected chi connectivity index (χ4v) is 3.12. The molecular formula is C16H22F2N2O4. The Morgan fingerprint density at radius 1 is 1.50 bits per heavy atom. The van der Waals surface area contributed by atoms with E-state index in [1.54, 1.807) is 6.92 Å². The van der Waals surface area contributed by atoms with Crippen LogP contribution < -0.4 is 0 Å². The molecule has 1 aliphatic heterocycles. The number of non-ortho nitro benzene ring substituents is 1. The molecular weight excluding hydrogens is 322 g/mol. The Balaban J connectivity index is 2.17. The Labute approximate surface area is 138 Å². The van der Waals surface area contributed by atoms with Gasteiger partial charge in [0.15, 0.2) is 0 Å². The van der Waals surface area contributed by atoms with Crippen LogP contribution in [0, 0.1) is 16.0 Å². The van der Waals surface area contributed by atoms with Crippen LogP contribution in [0.5, 0.6) is 0 Å². The van der Waals surface area contributed by atoms with Gasteiger partial charge in [-0.3, -0.25) is 15.0 Å². The summed E-state index contributed by atoms with van der Waals surface area (Å²) in [5.41, 5.74) is -1.55. The smallest absolute Gasteiger partial charge is 0.269 e. The molecule has 0 spiro atoms. The lowest BCUT2D eigenvalue weighted by molar-refractivity contribution is -0.385. The molecule has 0 saturated carbocycles. The van der Waals surface area contributed by atoms with E-state index in [2.05, 4.69) is 0 Å². The third-order valence-corrected chi connectivity index (χ3v) is 4.67. The largest absolute Gasteiger partial charge is 0.393 e. The first-order valence-corrected chi connectivity index (χ1v) is 7.85. The first-order valence-electron chi connectivity index (χ1n) is 7.85. The Morgan fingerprint density at radius 2 is 2.21 bits per heavy atom. The van der Waals surface area contributed by atoms with E-state index in [0.717, 1.165) is 18.9 Å². The van der Waals surface area contributed by atoms with Crippen molar-refractivity contribution in [3.8, 4) is 0 Å². The van der Waals surface area contributed by atoms with Crippen molar-refractivity contribution in [2.24, 2.45) is 5.92 Å². The monoisotopic (exact) mass is 344 g/mol. The Hall–Kier alpha value is -1.64. The summed E-state index contributed by atoms with van der Waals surface area (Å²) >= 11 is 0. The molecule has 24 heavy (non-hydrogen) atoms. The van der Waals surface area contributed by atoms with E-state index in [0.29, 0.717) is 18.7 Å². The van der Waals surface area contributed by atoms with Gasteiger partial charge in [-0.25, -0.2) is 8.78 Å². The number of likely N-dealkylation sites (tertiary alicyclic amines) is 1. The maximum Gasteiger partial charge on any atom is 0.269 e. The molecule has 1 aliphatic rings. The number of hydrogen-bond donors (Lipinski definition) is 2. The molecule has 0 aromatic heterocycles. The fraction of sp³-hybridized carbons (Fsp3) is 0.625. The van der Waals surface area contributed by atoms with Crippen molar-refractivity contribution >= 4 is 5.69 Å². The van der Waals surface area contributed by atoms with Crippen LogP contribution in [0.25, 0.3) is 0 Å². The number of halogens is 2. The number of rotatable bonds is 6. The second-order valence-corrected chi connectivity index (χ2v) is 6.53. The van der Waals surface area contributed by atoms with Crippen LogP contribution in [0.3, 0.4) is 0 Å². The minimum absolute atomic E-state index is 0.149. The average Bonchev–Trinajstić information content (AvgIpc) is 2.55. The summed E-state index contributed by atoms with van der Waals surface area (Å²) in [6, 6.07) is 3.52. The van der Waals surface area contributed by atoms with E-state index < -0.39 is 16.9 Å². The Kier molecular flexibility index (Phi) is 5.84. The highest BCUT2D eigenvalue weighted by Gasteiger charge is 2.35. The number of nitrogens with zero attached hydrogens (tertiary/aromatic N) is 2. The maximum absolute atomic E-state index is 13.2. The second-order valence-electron chi connectivity index (χ2n) is 6.53. The lowest BCUT2D eigenvalue weighted by Crippen LogP contribution is -2.48. The van der Waals surface area contributed by atoms with Crippen molar-refractivity contribution in [2.45, 2.75) is 38.3 Å². The molecule has 2 atom stereocenters. The van der Waals surface area contributed by atoms with E-state index in [1.807, 2.05) is 4.90 Å². The topological polar surface area (TPSA) is 86.8 Å². The van der Waals surface area contributed by atoms with Crippen LogP contribution >= 0.6 is 0 Å². The molecule has 1 fully saturated rings. The van der Waals surface area contributed by atoms with Gasteiger partial charge in [0.1, 0.15) is 0 Å². The molecule has 0 aliphatic carbocycles. The summed E-state index contributed by atoms with van der Waals surface area (Å²) in [5.74, 6) is -0.149. The van der Waals surface area contributed by atoms with Crippen LogP contribution in [0.4, 0.5) is 14.5 Å². The van der Waals surface area contributed by atoms with Crippen LogP contribution in [0.15, 0.2) is 18.2 Å².